The molecular weight excluding hydrogens is 462 g/mol. The van der Waals surface area contributed by atoms with Crippen LogP contribution >= 0.6 is 11.8 Å². The van der Waals surface area contributed by atoms with Gasteiger partial charge in [0.15, 0.2) is 0 Å². The highest BCUT2D eigenvalue weighted by Gasteiger charge is 2.77. The number of hydrogen-bond acceptors (Lipinski definition) is 5. The summed E-state index contributed by atoms with van der Waals surface area (Å²) in [5.74, 6) is -1.55. The normalized spacial score (nSPS) is 32.9. The Morgan fingerprint density at radius 1 is 1.17 bits per heavy atom. The van der Waals surface area contributed by atoms with E-state index in [9.17, 15) is 19.5 Å². The topological polar surface area (TPSA) is 98.7 Å². The summed E-state index contributed by atoms with van der Waals surface area (Å²) in [6.45, 7) is 8.42. The van der Waals surface area contributed by atoms with Gasteiger partial charge in [0.2, 0.25) is 17.7 Å². The number of aliphatic hydroxyl groups is 1. The number of carbonyl (C=O) groups excluding carboxylic acids is 3. The van der Waals surface area contributed by atoms with E-state index in [4.69, 9.17) is 0 Å². The Balaban J connectivity index is 1.78. The maximum Gasteiger partial charge on any atom is 0.244 e. The standard InChI is InChI=1S/C27H39N3O4S/c1-5-10-17(3)29-24(33)22-27-14-13-26(4,35-27)20(23(32)28-15-6-2)21(27)25(34)30(22)19(16-31)18-11-8-7-9-12-18/h7-9,11-12,17,19-22,31H,5-6,10,13-16H2,1-4H3,(H,28,32)(H,29,33)/t17?,19-,20+,21+,22?,26-,27?/m1/s1. The Labute approximate surface area is 212 Å². The molecular formula is C27H39N3O4S. The van der Waals surface area contributed by atoms with E-state index in [0.717, 1.165) is 31.2 Å². The predicted molar refractivity (Wildman–Crippen MR) is 138 cm³/mol. The third-order valence-electron chi connectivity index (χ3n) is 8.10. The van der Waals surface area contributed by atoms with Crippen LogP contribution in [0.5, 0.6) is 0 Å². The Hall–Kier alpha value is -2.06. The van der Waals surface area contributed by atoms with Crippen molar-refractivity contribution in [2.24, 2.45) is 11.8 Å². The minimum atomic E-state index is -0.743. The maximum absolute atomic E-state index is 14.2. The first kappa shape index (κ1) is 26.0. The molecule has 3 heterocycles. The lowest BCUT2D eigenvalue weighted by molar-refractivity contribution is -0.143. The molecule has 3 amide bonds. The lowest BCUT2D eigenvalue weighted by atomic mass is 9.66. The Kier molecular flexibility index (Phi) is 7.53. The number of hydrogen-bond donors (Lipinski definition) is 3. The van der Waals surface area contributed by atoms with Crippen molar-refractivity contribution in [1.82, 2.24) is 15.5 Å². The molecule has 3 N–H and O–H groups in total. The molecule has 35 heavy (non-hydrogen) atoms. The lowest BCUT2D eigenvalue weighted by Crippen LogP contribution is -2.56. The van der Waals surface area contributed by atoms with Crippen LogP contribution < -0.4 is 10.6 Å². The summed E-state index contributed by atoms with van der Waals surface area (Å²) >= 11 is 1.66. The summed E-state index contributed by atoms with van der Waals surface area (Å²) in [5, 5.41) is 16.7. The van der Waals surface area contributed by atoms with Gasteiger partial charge in [0, 0.05) is 17.3 Å². The summed E-state index contributed by atoms with van der Waals surface area (Å²) < 4.78 is -1.07. The molecule has 0 aliphatic carbocycles. The van der Waals surface area contributed by atoms with E-state index in [1.807, 2.05) is 44.2 Å². The van der Waals surface area contributed by atoms with Crippen LogP contribution in [0, 0.1) is 11.8 Å². The molecule has 7 atom stereocenters. The van der Waals surface area contributed by atoms with Gasteiger partial charge in [0.05, 0.1) is 29.2 Å². The van der Waals surface area contributed by atoms with Gasteiger partial charge in [-0.1, -0.05) is 50.6 Å². The first-order valence-electron chi connectivity index (χ1n) is 13.0. The third kappa shape index (κ3) is 4.26. The highest BCUT2D eigenvalue weighted by molar-refractivity contribution is 8.02. The summed E-state index contributed by atoms with van der Waals surface area (Å²) in [6.07, 6.45) is 4.09. The van der Waals surface area contributed by atoms with Gasteiger partial charge in [-0.25, -0.2) is 0 Å². The molecule has 4 rings (SSSR count). The van der Waals surface area contributed by atoms with Crippen molar-refractivity contribution in [3.05, 3.63) is 35.9 Å². The van der Waals surface area contributed by atoms with Crippen molar-refractivity contribution in [3.8, 4) is 0 Å². The number of thioether (sulfide) groups is 1. The van der Waals surface area contributed by atoms with Gasteiger partial charge in [-0.3, -0.25) is 14.4 Å². The summed E-state index contributed by atoms with van der Waals surface area (Å²) in [7, 11) is 0. The van der Waals surface area contributed by atoms with Crippen LogP contribution in [0.3, 0.4) is 0 Å². The molecule has 2 bridgehead atoms. The van der Waals surface area contributed by atoms with Gasteiger partial charge < -0.3 is 20.6 Å². The maximum atomic E-state index is 14.2. The van der Waals surface area contributed by atoms with Gasteiger partial charge in [-0.15, -0.1) is 11.8 Å². The second-order valence-corrected chi connectivity index (χ2v) is 12.5. The van der Waals surface area contributed by atoms with E-state index in [0.29, 0.717) is 13.0 Å². The molecule has 3 saturated heterocycles. The number of aliphatic hydroxyl groups excluding tert-OH is 1. The van der Waals surface area contributed by atoms with Crippen molar-refractivity contribution in [2.75, 3.05) is 13.2 Å². The van der Waals surface area contributed by atoms with Crippen LogP contribution in [0.4, 0.5) is 0 Å². The molecule has 1 aromatic rings. The summed E-state index contributed by atoms with van der Waals surface area (Å²) in [4.78, 5) is 43.2. The Bertz CT molecular complexity index is 959. The van der Waals surface area contributed by atoms with Crippen molar-refractivity contribution in [1.29, 1.82) is 0 Å². The number of amides is 3. The van der Waals surface area contributed by atoms with Crippen molar-refractivity contribution in [3.63, 3.8) is 0 Å². The molecule has 3 unspecified atom stereocenters. The average Bonchev–Trinajstić information content (AvgIpc) is 3.40. The number of likely N-dealkylation sites (tertiary alicyclic amines) is 1. The number of nitrogens with one attached hydrogen (secondary N) is 2. The molecule has 8 heteroatoms. The minimum Gasteiger partial charge on any atom is -0.394 e. The molecule has 3 aliphatic heterocycles. The molecule has 7 nitrogen and oxygen atoms in total. The van der Waals surface area contributed by atoms with Crippen LogP contribution in [0.25, 0.3) is 0 Å². The summed E-state index contributed by atoms with van der Waals surface area (Å²) in [6, 6.07) is 7.99. The zero-order valence-electron chi connectivity index (χ0n) is 21.3. The third-order valence-corrected chi connectivity index (χ3v) is 10.1. The second kappa shape index (κ2) is 10.1. The van der Waals surface area contributed by atoms with Crippen LogP contribution in [0.2, 0.25) is 0 Å². The van der Waals surface area contributed by atoms with E-state index < -0.39 is 28.7 Å². The van der Waals surface area contributed by atoms with Crippen LogP contribution in [0.15, 0.2) is 30.3 Å². The minimum absolute atomic E-state index is 0.0213. The molecule has 3 fully saturated rings. The van der Waals surface area contributed by atoms with E-state index in [1.54, 1.807) is 16.7 Å². The SMILES string of the molecule is CCCNC(=O)[C@@H]1[C@H]2C(=O)N([C@H](CO)c3ccccc3)C(C(=O)NC(C)CCC)C23CC[C@@]1(C)S3. The van der Waals surface area contributed by atoms with E-state index in [-0.39, 0.29) is 35.1 Å². The first-order valence-corrected chi connectivity index (χ1v) is 13.8. The van der Waals surface area contributed by atoms with Crippen LogP contribution in [0.1, 0.15) is 71.4 Å². The van der Waals surface area contributed by atoms with Crippen molar-refractivity contribution < 1.29 is 19.5 Å². The first-order chi connectivity index (χ1) is 16.7. The average molecular weight is 502 g/mol. The molecule has 3 aliphatic rings. The molecule has 1 spiro atoms. The number of carbonyl (C=O) groups is 3. The second-order valence-electron chi connectivity index (χ2n) is 10.6. The number of fused-ring (bicyclic) bond motifs is 1. The molecule has 0 saturated carbocycles. The van der Waals surface area contributed by atoms with Gasteiger partial charge in [0.25, 0.3) is 0 Å². The molecule has 0 radical (unpaired) electrons. The van der Waals surface area contributed by atoms with Gasteiger partial charge in [-0.05, 0) is 45.1 Å². The van der Waals surface area contributed by atoms with Crippen LogP contribution in [-0.2, 0) is 14.4 Å². The van der Waals surface area contributed by atoms with Crippen molar-refractivity contribution in [2.45, 2.75) is 87.4 Å². The van der Waals surface area contributed by atoms with E-state index in [1.165, 1.54) is 0 Å². The van der Waals surface area contributed by atoms with Crippen LogP contribution in [-0.4, -0.2) is 62.5 Å². The fourth-order valence-corrected chi connectivity index (χ4v) is 8.96. The smallest absolute Gasteiger partial charge is 0.244 e. The van der Waals surface area contributed by atoms with Gasteiger partial charge in [-0.2, -0.15) is 0 Å². The highest BCUT2D eigenvalue weighted by atomic mass is 32.2. The zero-order chi connectivity index (χ0) is 25.4. The largest absolute Gasteiger partial charge is 0.394 e. The van der Waals surface area contributed by atoms with Gasteiger partial charge >= 0.3 is 0 Å². The molecule has 0 aromatic heterocycles. The zero-order valence-corrected chi connectivity index (χ0v) is 22.1. The number of benzene rings is 1. The quantitative estimate of drug-likeness (QED) is 0.458. The van der Waals surface area contributed by atoms with E-state index in [2.05, 4.69) is 24.5 Å². The Morgan fingerprint density at radius 3 is 2.51 bits per heavy atom. The van der Waals surface area contributed by atoms with E-state index >= 15 is 0 Å². The fourth-order valence-electron chi connectivity index (χ4n) is 6.61. The lowest BCUT2D eigenvalue weighted by Gasteiger charge is -2.37. The van der Waals surface area contributed by atoms with Crippen molar-refractivity contribution >= 4 is 29.5 Å². The predicted octanol–water partition coefficient (Wildman–Crippen LogP) is 3.03. The highest BCUT2D eigenvalue weighted by Crippen LogP contribution is 2.71. The fraction of sp³-hybridized carbons (Fsp3) is 0.667. The molecule has 192 valence electrons. The van der Waals surface area contributed by atoms with Gasteiger partial charge in [0.1, 0.15) is 6.04 Å². The Morgan fingerprint density at radius 2 is 1.89 bits per heavy atom. The number of nitrogens with zero attached hydrogens (tertiary/aromatic N) is 1. The summed E-state index contributed by atoms with van der Waals surface area (Å²) in [5.41, 5.74) is 0.789. The monoisotopic (exact) mass is 501 g/mol. The molecule has 1 aromatic carbocycles. The number of rotatable bonds is 10.